The molecule has 0 unspecified atom stereocenters. The zero-order valence-electron chi connectivity index (χ0n) is 19.6. The van der Waals surface area contributed by atoms with Crippen molar-refractivity contribution >= 4 is 33.2 Å². The third-order valence-corrected chi connectivity index (χ3v) is 8.50. The lowest BCUT2D eigenvalue weighted by Gasteiger charge is -2.31. The highest BCUT2D eigenvalue weighted by Crippen LogP contribution is 2.35. The van der Waals surface area contributed by atoms with Gasteiger partial charge in [-0.25, -0.2) is 8.42 Å². The van der Waals surface area contributed by atoms with Gasteiger partial charge in [-0.2, -0.15) is 4.31 Å². The van der Waals surface area contributed by atoms with Gasteiger partial charge < -0.3 is 10.2 Å². The van der Waals surface area contributed by atoms with Crippen LogP contribution in [0.2, 0.25) is 0 Å². The van der Waals surface area contributed by atoms with Crippen LogP contribution in [-0.4, -0.2) is 43.7 Å². The first kappa shape index (κ1) is 23.4. The second-order valence-electron chi connectivity index (χ2n) is 9.24. The van der Waals surface area contributed by atoms with E-state index in [0.717, 1.165) is 28.1 Å². The molecular formula is C25H31N3O4S. The van der Waals surface area contributed by atoms with E-state index in [9.17, 15) is 18.0 Å². The molecule has 0 radical (unpaired) electrons. The molecule has 2 atom stereocenters. The fraction of sp³-hybridized carbons (Fsp3) is 0.440. The molecule has 8 heteroatoms. The van der Waals surface area contributed by atoms with Crippen molar-refractivity contribution in [1.82, 2.24) is 4.31 Å². The highest BCUT2D eigenvalue weighted by molar-refractivity contribution is 7.89. The van der Waals surface area contributed by atoms with E-state index in [1.54, 1.807) is 23.1 Å². The molecule has 0 saturated carbocycles. The fourth-order valence-electron chi connectivity index (χ4n) is 4.96. The summed E-state index contributed by atoms with van der Waals surface area (Å²) < 4.78 is 28.3. The summed E-state index contributed by atoms with van der Waals surface area (Å²) in [5, 5.41) is 2.98. The van der Waals surface area contributed by atoms with E-state index in [1.165, 1.54) is 11.2 Å². The summed E-state index contributed by atoms with van der Waals surface area (Å²) in [7, 11) is -3.74. The van der Waals surface area contributed by atoms with Crippen molar-refractivity contribution in [3.63, 3.8) is 0 Å². The quantitative estimate of drug-likeness (QED) is 0.741. The van der Waals surface area contributed by atoms with Crippen LogP contribution in [0.25, 0.3) is 0 Å². The maximum atomic E-state index is 13.4. The van der Waals surface area contributed by atoms with E-state index >= 15 is 0 Å². The monoisotopic (exact) mass is 469 g/mol. The van der Waals surface area contributed by atoms with Gasteiger partial charge in [0.25, 0.3) is 0 Å². The minimum Gasteiger partial charge on any atom is -0.326 e. The van der Waals surface area contributed by atoms with Crippen LogP contribution in [0.3, 0.4) is 0 Å². The SMILES string of the molecule is CC(=O)N1c2ccc(S(=O)(=O)N3CCC[C@H](C(=O)Nc4ccc(C)cc4C)C3)cc2C[C@@H]1C. The number of sulfonamides is 1. The minimum atomic E-state index is -3.74. The third-order valence-electron chi connectivity index (χ3n) is 6.64. The van der Waals surface area contributed by atoms with Crippen LogP contribution in [-0.2, 0) is 26.0 Å². The summed E-state index contributed by atoms with van der Waals surface area (Å²) in [6, 6.07) is 10.8. The number of benzene rings is 2. The summed E-state index contributed by atoms with van der Waals surface area (Å²) >= 11 is 0. The summed E-state index contributed by atoms with van der Waals surface area (Å²) in [6.45, 7) is 7.98. The van der Waals surface area contributed by atoms with Crippen molar-refractivity contribution < 1.29 is 18.0 Å². The number of hydrogen-bond acceptors (Lipinski definition) is 4. The fourth-order valence-corrected chi connectivity index (χ4v) is 6.54. The number of fused-ring (bicyclic) bond motifs is 1. The summed E-state index contributed by atoms with van der Waals surface area (Å²) in [6.07, 6.45) is 1.90. The third kappa shape index (κ3) is 4.54. The van der Waals surface area contributed by atoms with Crippen molar-refractivity contribution in [2.45, 2.75) is 57.9 Å². The van der Waals surface area contributed by atoms with Gasteiger partial charge in [-0.05, 0) is 75.4 Å². The van der Waals surface area contributed by atoms with Gasteiger partial charge in [0, 0.05) is 37.4 Å². The van der Waals surface area contributed by atoms with E-state index < -0.39 is 15.9 Å². The molecule has 2 aliphatic heterocycles. The molecule has 0 aliphatic carbocycles. The molecule has 0 bridgehead atoms. The molecule has 0 aromatic heterocycles. The zero-order chi connectivity index (χ0) is 23.9. The molecule has 0 spiro atoms. The van der Waals surface area contributed by atoms with Crippen molar-refractivity contribution in [2.75, 3.05) is 23.3 Å². The largest absolute Gasteiger partial charge is 0.326 e. The number of aryl methyl sites for hydroxylation is 2. The number of carbonyl (C=O) groups is 2. The first-order valence-electron chi connectivity index (χ1n) is 11.4. The number of amides is 2. The molecule has 7 nitrogen and oxygen atoms in total. The number of nitrogens with one attached hydrogen (secondary N) is 1. The van der Waals surface area contributed by atoms with Crippen LogP contribution in [0.5, 0.6) is 0 Å². The Morgan fingerprint density at radius 1 is 1.09 bits per heavy atom. The Balaban J connectivity index is 1.51. The maximum Gasteiger partial charge on any atom is 0.243 e. The Morgan fingerprint density at radius 2 is 1.85 bits per heavy atom. The predicted molar refractivity (Wildman–Crippen MR) is 129 cm³/mol. The van der Waals surface area contributed by atoms with Gasteiger partial charge in [-0.3, -0.25) is 9.59 Å². The van der Waals surface area contributed by atoms with E-state index in [4.69, 9.17) is 0 Å². The molecule has 2 aliphatic rings. The van der Waals surface area contributed by atoms with Gasteiger partial charge in [0.1, 0.15) is 0 Å². The molecule has 176 valence electrons. The molecule has 1 fully saturated rings. The van der Waals surface area contributed by atoms with Crippen LogP contribution in [0.4, 0.5) is 11.4 Å². The van der Waals surface area contributed by atoms with Gasteiger partial charge in [0.05, 0.1) is 10.8 Å². The Morgan fingerprint density at radius 3 is 2.55 bits per heavy atom. The van der Waals surface area contributed by atoms with Gasteiger partial charge in [0.2, 0.25) is 21.8 Å². The van der Waals surface area contributed by atoms with Gasteiger partial charge >= 0.3 is 0 Å². The summed E-state index contributed by atoms with van der Waals surface area (Å²) in [4.78, 5) is 26.8. The highest BCUT2D eigenvalue weighted by Gasteiger charge is 2.35. The number of anilines is 2. The van der Waals surface area contributed by atoms with E-state index in [1.807, 2.05) is 39.0 Å². The van der Waals surface area contributed by atoms with E-state index in [2.05, 4.69) is 5.32 Å². The standard InChI is InChI=1S/C25H31N3O4S/c1-16-7-9-23(17(2)12-16)26-25(30)20-6-5-11-27(15-20)33(31,32)22-8-10-24-21(14-22)13-18(3)28(24)19(4)29/h7-10,12,14,18,20H,5-6,11,13,15H2,1-4H3,(H,26,30)/t18-,20-/m0/s1. The van der Waals surface area contributed by atoms with Crippen LogP contribution in [0, 0.1) is 19.8 Å². The Labute approximate surface area is 195 Å². The second kappa shape index (κ2) is 8.91. The molecule has 2 aromatic rings. The number of rotatable bonds is 4. The second-order valence-corrected chi connectivity index (χ2v) is 11.2. The van der Waals surface area contributed by atoms with E-state index in [0.29, 0.717) is 25.8 Å². The Kier molecular flexibility index (Phi) is 6.33. The lowest BCUT2D eigenvalue weighted by Crippen LogP contribution is -2.43. The average Bonchev–Trinajstić information content (AvgIpc) is 3.10. The molecule has 2 heterocycles. The van der Waals surface area contributed by atoms with Gasteiger partial charge in [0.15, 0.2) is 0 Å². The normalized spacial score (nSPS) is 21.0. The Bertz CT molecular complexity index is 1210. The summed E-state index contributed by atoms with van der Waals surface area (Å²) in [5.41, 5.74) is 4.50. The number of carbonyl (C=O) groups excluding carboxylic acids is 2. The number of hydrogen-bond donors (Lipinski definition) is 1. The maximum absolute atomic E-state index is 13.4. The van der Waals surface area contributed by atoms with Crippen LogP contribution in [0.1, 0.15) is 43.4 Å². The lowest BCUT2D eigenvalue weighted by molar-refractivity contribution is -0.121. The number of piperidine rings is 1. The summed E-state index contributed by atoms with van der Waals surface area (Å²) in [5.74, 6) is -0.607. The molecular weight excluding hydrogens is 438 g/mol. The van der Waals surface area contributed by atoms with Gasteiger partial charge in [-0.15, -0.1) is 0 Å². The zero-order valence-corrected chi connectivity index (χ0v) is 20.4. The minimum absolute atomic E-state index is 0.00347. The average molecular weight is 470 g/mol. The van der Waals surface area contributed by atoms with Crippen LogP contribution in [0.15, 0.2) is 41.3 Å². The van der Waals surface area contributed by atoms with Crippen molar-refractivity contribution in [3.05, 3.63) is 53.1 Å². The molecule has 4 rings (SSSR count). The molecule has 2 amide bonds. The predicted octanol–water partition coefficient (Wildman–Crippen LogP) is 3.64. The smallest absolute Gasteiger partial charge is 0.243 e. The van der Waals surface area contributed by atoms with Crippen molar-refractivity contribution in [2.24, 2.45) is 5.92 Å². The number of nitrogens with zero attached hydrogens (tertiary/aromatic N) is 2. The topological polar surface area (TPSA) is 86.8 Å². The highest BCUT2D eigenvalue weighted by atomic mass is 32.2. The molecule has 1 N–H and O–H groups in total. The molecule has 2 aromatic carbocycles. The first-order chi connectivity index (χ1) is 15.6. The van der Waals surface area contributed by atoms with Crippen LogP contribution < -0.4 is 10.2 Å². The molecule has 33 heavy (non-hydrogen) atoms. The Hall–Kier alpha value is -2.71. The van der Waals surface area contributed by atoms with Gasteiger partial charge in [-0.1, -0.05) is 17.7 Å². The first-order valence-corrected chi connectivity index (χ1v) is 12.8. The molecule has 1 saturated heterocycles. The van der Waals surface area contributed by atoms with Crippen molar-refractivity contribution in [1.29, 1.82) is 0 Å². The van der Waals surface area contributed by atoms with Crippen LogP contribution >= 0.6 is 0 Å². The van der Waals surface area contributed by atoms with E-state index in [-0.39, 0.29) is 29.3 Å². The lowest BCUT2D eigenvalue weighted by atomic mass is 9.98. The van der Waals surface area contributed by atoms with Crippen molar-refractivity contribution in [3.8, 4) is 0 Å².